The van der Waals surface area contributed by atoms with E-state index in [4.69, 9.17) is 4.74 Å². The van der Waals surface area contributed by atoms with Crippen LogP contribution in [0.2, 0.25) is 0 Å². The van der Waals surface area contributed by atoms with Gasteiger partial charge in [0.05, 0.1) is 12.7 Å². The first-order valence-electron chi connectivity index (χ1n) is 10.1. The minimum absolute atomic E-state index is 0.0562. The van der Waals surface area contributed by atoms with Crippen molar-refractivity contribution < 1.29 is 19.1 Å². The van der Waals surface area contributed by atoms with E-state index in [-0.39, 0.29) is 24.5 Å². The van der Waals surface area contributed by atoms with Gasteiger partial charge < -0.3 is 14.5 Å². The highest BCUT2D eigenvalue weighted by molar-refractivity contribution is 6.06. The minimum atomic E-state index is -0.740. The van der Waals surface area contributed by atoms with Gasteiger partial charge in [-0.05, 0) is 18.1 Å². The third-order valence-electron chi connectivity index (χ3n) is 5.49. The van der Waals surface area contributed by atoms with Crippen LogP contribution in [0.1, 0.15) is 24.1 Å². The fourth-order valence-corrected chi connectivity index (χ4v) is 3.96. The first kappa shape index (κ1) is 20.1. The SMILES string of the molecule is C[C@@H]1CN(C(=O)CN2C(=O)[C@H](c3ccccc3)N(Cc3ccccc3)C2=O)CCO1. The lowest BCUT2D eigenvalue weighted by Gasteiger charge is -2.32. The molecule has 156 valence electrons. The molecular formula is C23H25N3O4. The van der Waals surface area contributed by atoms with Crippen molar-refractivity contribution in [2.75, 3.05) is 26.2 Å². The van der Waals surface area contributed by atoms with Crippen molar-refractivity contribution in [2.24, 2.45) is 0 Å². The molecule has 2 aromatic carbocycles. The van der Waals surface area contributed by atoms with Crippen molar-refractivity contribution in [3.8, 4) is 0 Å². The molecule has 30 heavy (non-hydrogen) atoms. The van der Waals surface area contributed by atoms with Crippen LogP contribution in [0.5, 0.6) is 0 Å². The Morgan fingerprint density at radius 2 is 1.70 bits per heavy atom. The van der Waals surface area contributed by atoms with Gasteiger partial charge in [0.25, 0.3) is 5.91 Å². The number of ether oxygens (including phenoxy) is 1. The fourth-order valence-electron chi connectivity index (χ4n) is 3.96. The second kappa shape index (κ2) is 8.67. The molecule has 0 aliphatic carbocycles. The standard InChI is InChI=1S/C23H25N3O4/c1-17-14-24(12-13-30-17)20(27)16-26-22(28)21(19-10-6-3-7-11-19)25(23(26)29)15-18-8-4-2-5-9-18/h2-11,17,21H,12-16H2,1H3/t17-,21+/m1/s1. The van der Waals surface area contributed by atoms with Gasteiger partial charge in [-0.3, -0.25) is 14.5 Å². The van der Waals surface area contributed by atoms with Crippen LogP contribution in [0.3, 0.4) is 0 Å². The zero-order chi connectivity index (χ0) is 21.1. The van der Waals surface area contributed by atoms with Crippen molar-refractivity contribution in [1.29, 1.82) is 0 Å². The van der Waals surface area contributed by atoms with Crippen molar-refractivity contribution in [3.63, 3.8) is 0 Å². The lowest BCUT2D eigenvalue weighted by atomic mass is 10.1. The van der Waals surface area contributed by atoms with E-state index < -0.39 is 12.1 Å². The minimum Gasteiger partial charge on any atom is -0.375 e. The van der Waals surface area contributed by atoms with Crippen LogP contribution in [0.25, 0.3) is 0 Å². The summed E-state index contributed by atoms with van der Waals surface area (Å²) in [6.45, 7) is 3.34. The Hall–Kier alpha value is -3.19. The zero-order valence-electron chi connectivity index (χ0n) is 16.9. The molecule has 2 fully saturated rings. The largest absolute Gasteiger partial charge is 0.375 e. The molecule has 7 nitrogen and oxygen atoms in total. The number of imide groups is 1. The van der Waals surface area contributed by atoms with Crippen LogP contribution in [0, 0.1) is 0 Å². The number of amides is 4. The summed E-state index contributed by atoms with van der Waals surface area (Å²) in [7, 11) is 0. The first-order chi connectivity index (χ1) is 14.5. The van der Waals surface area contributed by atoms with Gasteiger partial charge in [0, 0.05) is 19.6 Å². The number of rotatable bonds is 5. The Kier molecular flexibility index (Phi) is 5.81. The lowest BCUT2D eigenvalue weighted by molar-refractivity contribution is -0.142. The van der Waals surface area contributed by atoms with Crippen LogP contribution in [-0.2, 0) is 20.9 Å². The molecule has 0 spiro atoms. The Morgan fingerprint density at radius 1 is 1.03 bits per heavy atom. The number of benzene rings is 2. The first-order valence-corrected chi connectivity index (χ1v) is 10.1. The maximum Gasteiger partial charge on any atom is 0.328 e. The molecule has 2 aliphatic rings. The molecule has 7 heteroatoms. The van der Waals surface area contributed by atoms with Gasteiger partial charge in [-0.25, -0.2) is 4.79 Å². The van der Waals surface area contributed by atoms with Crippen LogP contribution in [-0.4, -0.2) is 64.9 Å². The van der Waals surface area contributed by atoms with E-state index >= 15 is 0 Å². The van der Waals surface area contributed by atoms with Gasteiger partial charge >= 0.3 is 6.03 Å². The van der Waals surface area contributed by atoms with E-state index in [0.29, 0.717) is 26.2 Å². The molecule has 0 aromatic heterocycles. The van der Waals surface area contributed by atoms with Crippen LogP contribution in [0.4, 0.5) is 4.79 Å². The number of nitrogens with zero attached hydrogens (tertiary/aromatic N) is 3. The number of carbonyl (C=O) groups is 3. The average molecular weight is 407 g/mol. The van der Waals surface area contributed by atoms with Crippen LogP contribution in [0.15, 0.2) is 60.7 Å². The number of urea groups is 1. The molecule has 0 N–H and O–H groups in total. The molecular weight excluding hydrogens is 382 g/mol. The van der Waals surface area contributed by atoms with Crippen molar-refractivity contribution in [1.82, 2.24) is 14.7 Å². The van der Waals surface area contributed by atoms with Gasteiger partial charge in [-0.1, -0.05) is 60.7 Å². The van der Waals surface area contributed by atoms with E-state index in [2.05, 4.69) is 0 Å². The molecule has 2 heterocycles. The third kappa shape index (κ3) is 4.07. The van der Waals surface area contributed by atoms with Crippen LogP contribution >= 0.6 is 0 Å². The predicted octanol–water partition coefficient (Wildman–Crippen LogP) is 2.44. The maximum atomic E-state index is 13.3. The van der Waals surface area contributed by atoms with Gasteiger partial charge in [0.1, 0.15) is 12.6 Å². The van der Waals surface area contributed by atoms with Crippen molar-refractivity contribution in [2.45, 2.75) is 25.6 Å². The van der Waals surface area contributed by atoms with Gasteiger partial charge in [-0.2, -0.15) is 0 Å². The highest BCUT2D eigenvalue weighted by Crippen LogP contribution is 2.32. The van der Waals surface area contributed by atoms with E-state index in [1.54, 1.807) is 9.80 Å². The van der Waals surface area contributed by atoms with Crippen LogP contribution < -0.4 is 0 Å². The summed E-state index contributed by atoms with van der Waals surface area (Å²) in [4.78, 5) is 43.6. The summed E-state index contributed by atoms with van der Waals surface area (Å²) >= 11 is 0. The van der Waals surface area contributed by atoms with E-state index in [9.17, 15) is 14.4 Å². The van der Waals surface area contributed by atoms with Gasteiger partial charge in [0.15, 0.2) is 0 Å². The molecule has 0 bridgehead atoms. The maximum absolute atomic E-state index is 13.3. The summed E-state index contributed by atoms with van der Waals surface area (Å²) in [5.74, 6) is -0.600. The molecule has 2 aromatic rings. The van der Waals surface area contributed by atoms with Gasteiger partial charge in [-0.15, -0.1) is 0 Å². The Bertz CT molecular complexity index is 919. The molecule has 4 amide bonds. The number of morpholine rings is 1. The smallest absolute Gasteiger partial charge is 0.328 e. The van der Waals surface area contributed by atoms with E-state index in [0.717, 1.165) is 16.0 Å². The predicted molar refractivity (Wildman–Crippen MR) is 110 cm³/mol. The fraction of sp³-hybridized carbons (Fsp3) is 0.348. The second-order valence-corrected chi connectivity index (χ2v) is 7.65. The highest BCUT2D eigenvalue weighted by atomic mass is 16.5. The lowest BCUT2D eigenvalue weighted by Crippen LogP contribution is -2.49. The van der Waals surface area contributed by atoms with E-state index in [1.165, 1.54) is 0 Å². The number of carbonyl (C=O) groups excluding carboxylic acids is 3. The molecule has 2 aliphatic heterocycles. The molecule has 0 saturated carbocycles. The van der Waals surface area contributed by atoms with Crippen molar-refractivity contribution >= 4 is 17.8 Å². The molecule has 0 radical (unpaired) electrons. The molecule has 4 rings (SSSR count). The molecule has 2 saturated heterocycles. The average Bonchev–Trinajstić information content (AvgIpc) is 2.99. The summed E-state index contributed by atoms with van der Waals surface area (Å²) in [6.07, 6.45) is -0.0562. The quantitative estimate of drug-likeness (QED) is 0.714. The summed E-state index contributed by atoms with van der Waals surface area (Å²) in [5, 5.41) is 0. The monoisotopic (exact) mass is 407 g/mol. The second-order valence-electron chi connectivity index (χ2n) is 7.65. The van der Waals surface area contributed by atoms with Crippen molar-refractivity contribution in [3.05, 3.63) is 71.8 Å². The molecule has 2 atom stereocenters. The summed E-state index contributed by atoms with van der Waals surface area (Å²) in [6, 6.07) is 17.6. The van der Waals surface area contributed by atoms with E-state index in [1.807, 2.05) is 67.6 Å². The molecule has 0 unspecified atom stereocenters. The Morgan fingerprint density at radius 3 is 2.37 bits per heavy atom. The number of hydrogen-bond donors (Lipinski definition) is 0. The Balaban J connectivity index is 1.58. The Labute approximate surface area is 175 Å². The highest BCUT2D eigenvalue weighted by Gasteiger charge is 2.46. The normalized spacial score (nSPS) is 22.0. The van der Waals surface area contributed by atoms with Gasteiger partial charge in [0.2, 0.25) is 5.91 Å². The number of hydrogen-bond acceptors (Lipinski definition) is 4. The summed E-state index contributed by atoms with van der Waals surface area (Å²) < 4.78 is 5.48. The summed E-state index contributed by atoms with van der Waals surface area (Å²) in [5.41, 5.74) is 1.66. The zero-order valence-corrected chi connectivity index (χ0v) is 16.9. The third-order valence-corrected chi connectivity index (χ3v) is 5.49. The topological polar surface area (TPSA) is 70.2 Å².